The van der Waals surface area contributed by atoms with Crippen molar-refractivity contribution < 1.29 is 9.59 Å². The van der Waals surface area contributed by atoms with Gasteiger partial charge in [-0.2, -0.15) is 0 Å². The van der Waals surface area contributed by atoms with Crippen molar-refractivity contribution in [2.45, 2.75) is 25.3 Å². The van der Waals surface area contributed by atoms with E-state index in [-0.39, 0.29) is 24.5 Å². The van der Waals surface area contributed by atoms with Crippen LogP contribution in [0.1, 0.15) is 19.3 Å². The minimum Gasteiger partial charge on any atom is -0.330 e. The molecule has 1 saturated heterocycles. The van der Waals surface area contributed by atoms with E-state index in [0.717, 1.165) is 19.3 Å². The summed E-state index contributed by atoms with van der Waals surface area (Å²) in [4.78, 5) is 24.2. The third-order valence-corrected chi connectivity index (χ3v) is 3.13. The molecule has 78 valence electrons. The first-order valence-corrected chi connectivity index (χ1v) is 5.04. The first-order chi connectivity index (χ1) is 6.74. The van der Waals surface area contributed by atoms with Gasteiger partial charge in [-0.25, -0.2) is 4.79 Å². The Balaban J connectivity index is 2.13. The van der Waals surface area contributed by atoms with E-state index in [4.69, 9.17) is 5.73 Å². The normalized spacial score (nSPS) is 32.5. The monoisotopic (exact) mass is 197 g/mol. The number of imide groups is 1. The predicted octanol–water partition coefficient (Wildman–Crippen LogP) is -0.334. The molecule has 3 amide bonds. The van der Waals surface area contributed by atoms with Gasteiger partial charge in [0.15, 0.2) is 0 Å². The summed E-state index contributed by atoms with van der Waals surface area (Å²) in [5, 5.41) is 2.54. The molecular weight excluding hydrogens is 182 g/mol. The second kappa shape index (κ2) is 3.57. The molecule has 14 heavy (non-hydrogen) atoms. The Kier molecular flexibility index (Phi) is 2.41. The molecule has 0 spiro atoms. The molecule has 2 aliphatic rings. The van der Waals surface area contributed by atoms with Crippen LogP contribution < -0.4 is 11.1 Å². The number of nitrogens with one attached hydrogen (secondary N) is 1. The van der Waals surface area contributed by atoms with Crippen LogP contribution in [0.4, 0.5) is 4.79 Å². The van der Waals surface area contributed by atoms with Crippen LogP contribution in [-0.2, 0) is 4.79 Å². The van der Waals surface area contributed by atoms with Crippen molar-refractivity contribution in [1.29, 1.82) is 0 Å². The van der Waals surface area contributed by atoms with Gasteiger partial charge < -0.3 is 11.1 Å². The Morgan fingerprint density at radius 2 is 2.21 bits per heavy atom. The topological polar surface area (TPSA) is 75.4 Å². The molecule has 1 aliphatic heterocycles. The Hall–Kier alpha value is -1.10. The summed E-state index contributed by atoms with van der Waals surface area (Å²) in [5.41, 5.74) is 5.61. The smallest absolute Gasteiger partial charge is 0.324 e. The summed E-state index contributed by atoms with van der Waals surface area (Å²) in [6.07, 6.45) is 2.99. The van der Waals surface area contributed by atoms with Gasteiger partial charge in [-0.05, 0) is 25.3 Å². The van der Waals surface area contributed by atoms with Crippen LogP contribution in [0.15, 0.2) is 0 Å². The van der Waals surface area contributed by atoms with Crippen LogP contribution in [0.5, 0.6) is 0 Å². The van der Waals surface area contributed by atoms with Gasteiger partial charge in [0.25, 0.3) is 0 Å². The van der Waals surface area contributed by atoms with Gasteiger partial charge in [0, 0.05) is 6.04 Å². The van der Waals surface area contributed by atoms with Gasteiger partial charge in [0.2, 0.25) is 5.91 Å². The van der Waals surface area contributed by atoms with Crippen LogP contribution >= 0.6 is 0 Å². The van der Waals surface area contributed by atoms with E-state index in [2.05, 4.69) is 5.32 Å². The first kappa shape index (κ1) is 9.45. The molecule has 3 N–H and O–H groups in total. The average molecular weight is 197 g/mol. The maximum atomic E-state index is 11.4. The van der Waals surface area contributed by atoms with Crippen molar-refractivity contribution in [3.05, 3.63) is 0 Å². The molecule has 0 bridgehead atoms. The third-order valence-electron chi connectivity index (χ3n) is 3.13. The first-order valence-electron chi connectivity index (χ1n) is 5.04. The van der Waals surface area contributed by atoms with Crippen LogP contribution in [-0.4, -0.2) is 36.0 Å². The number of carbonyl (C=O) groups is 2. The summed E-state index contributed by atoms with van der Waals surface area (Å²) in [6, 6.07) is -0.213. The molecule has 2 unspecified atom stereocenters. The molecule has 2 atom stereocenters. The lowest BCUT2D eigenvalue weighted by Crippen LogP contribution is -2.44. The number of hydrogen-bond acceptors (Lipinski definition) is 3. The van der Waals surface area contributed by atoms with Crippen molar-refractivity contribution in [3.8, 4) is 0 Å². The maximum Gasteiger partial charge on any atom is 0.324 e. The van der Waals surface area contributed by atoms with Crippen molar-refractivity contribution in [2.75, 3.05) is 13.1 Å². The van der Waals surface area contributed by atoms with Crippen molar-refractivity contribution in [1.82, 2.24) is 10.2 Å². The molecule has 1 heterocycles. The van der Waals surface area contributed by atoms with Gasteiger partial charge in [0.1, 0.15) is 0 Å². The molecule has 5 heteroatoms. The van der Waals surface area contributed by atoms with Crippen LogP contribution in [0.2, 0.25) is 0 Å². The van der Waals surface area contributed by atoms with E-state index < -0.39 is 0 Å². The Bertz CT molecular complexity index is 251. The zero-order valence-electron chi connectivity index (χ0n) is 8.03. The highest BCUT2D eigenvalue weighted by Crippen LogP contribution is 2.30. The van der Waals surface area contributed by atoms with E-state index in [1.807, 2.05) is 0 Å². The van der Waals surface area contributed by atoms with Gasteiger partial charge >= 0.3 is 6.03 Å². The minimum absolute atomic E-state index is 0.0370. The average Bonchev–Trinajstić information content (AvgIpc) is 2.73. The summed E-state index contributed by atoms with van der Waals surface area (Å²) in [5.74, 6) is 0.183. The lowest BCUT2D eigenvalue weighted by atomic mass is 10.0. The Morgan fingerprint density at radius 1 is 1.43 bits per heavy atom. The van der Waals surface area contributed by atoms with Crippen molar-refractivity contribution in [3.63, 3.8) is 0 Å². The Morgan fingerprint density at radius 3 is 2.79 bits per heavy atom. The molecule has 0 aromatic rings. The second-order valence-electron chi connectivity index (χ2n) is 3.92. The molecule has 1 aliphatic carbocycles. The number of nitrogens with zero attached hydrogens (tertiary/aromatic N) is 1. The quantitative estimate of drug-likeness (QED) is 0.595. The maximum absolute atomic E-state index is 11.4. The number of nitrogens with two attached hydrogens (primary N) is 1. The molecule has 2 rings (SSSR count). The SMILES string of the molecule is NCC1CCCC1N1C(=O)CNC1=O. The van der Waals surface area contributed by atoms with E-state index in [9.17, 15) is 9.59 Å². The van der Waals surface area contributed by atoms with E-state index >= 15 is 0 Å². The number of amides is 3. The van der Waals surface area contributed by atoms with Crippen LogP contribution in [0.25, 0.3) is 0 Å². The number of urea groups is 1. The fourth-order valence-electron chi connectivity index (χ4n) is 2.40. The fraction of sp³-hybridized carbons (Fsp3) is 0.778. The summed E-state index contributed by atoms with van der Waals surface area (Å²) in [6.45, 7) is 0.703. The molecule has 0 radical (unpaired) electrons. The highest BCUT2D eigenvalue weighted by molar-refractivity contribution is 6.02. The van der Waals surface area contributed by atoms with Crippen molar-refractivity contribution >= 4 is 11.9 Å². The molecule has 0 aromatic carbocycles. The zero-order chi connectivity index (χ0) is 10.1. The standard InChI is InChI=1S/C9H15N3O2/c10-4-6-2-1-3-7(6)12-8(13)5-11-9(12)14/h6-7H,1-5,10H2,(H,11,14). The summed E-state index contributed by atoms with van der Waals surface area (Å²) in [7, 11) is 0. The number of rotatable bonds is 2. The number of carbonyl (C=O) groups excluding carboxylic acids is 2. The molecule has 2 fully saturated rings. The minimum atomic E-state index is -0.250. The van der Waals surface area contributed by atoms with Gasteiger partial charge in [-0.3, -0.25) is 9.69 Å². The van der Waals surface area contributed by atoms with Gasteiger partial charge in [-0.1, -0.05) is 6.42 Å². The Labute approximate surface area is 82.6 Å². The lowest BCUT2D eigenvalue weighted by molar-refractivity contribution is -0.127. The molecule has 1 saturated carbocycles. The molecule has 0 aromatic heterocycles. The van der Waals surface area contributed by atoms with E-state index in [1.165, 1.54) is 4.90 Å². The fourth-order valence-corrected chi connectivity index (χ4v) is 2.40. The third kappa shape index (κ3) is 1.37. The van der Waals surface area contributed by atoms with Gasteiger partial charge in [0.05, 0.1) is 6.54 Å². The van der Waals surface area contributed by atoms with Crippen LogP contribution in [0.3, 0.4) is 0 Å². The van der Waals surface area contributed by atoms with Crippen LogP contribution in [0, 0.1) is 5.92 Å². The molecular formula is C9H15N3O2. The largest absolute Gasteiger partial charge is 0.330 e. The van der Waals surface area contributed by atoms with Crippen molar-refractivity contribution in [2.24, 2.45) is 11.7 Å². The predicted molar refractivity (Wildman–Crippen MR) is 50.4 cm³/mol. The summed E-state index contributed by atoms with van der Waals surface area (Å²) < 4.78 is 0. The van der Waals surface area contributed by atoms with Gasteiger partial charge in [-0.15, -0.1) is 0 Å². The van der Waals surface area contributed by atoms with E-state index in [1.54, 1.807) is 0 Å². The number of hydrogen-bond donors (Lipinski definition) is 2. The highest BCUT2D eigenvalue weighted by Gasteiger charge is 2.40. The molecule has 5 nitrogen and oxygen atoms in total. The second-order valence-corrected chi connectivity index (χ2v) is 3.92. The lowest BCUT2D eigenvalue weighted by Gasteiger charge is -2.25. The summed E-state index contributed by atoms with van der Waals surface area (Å²) >= 11 is 0. The highest BCUT2D eigenvalue weighted by atomic mass is 16.2. The van der Waals surface area contributed by atoms with E-state index in [0.29, 0.717) is 12.5 Å². The zero-order valence-corrected chi connectivity index (χ0v) is 8.03.